The minimum absolute atomic E-state index is 0.0210. The summed E-state index contributed by atoms with van der Waals surface area (Å²) in [5.41, 5.74) is 5.59. The van der Waals surface area contributed by atoms with Gasteiger partial charge in [-0.1, -0.05) is 13.3 Å². The van der Waals surface area contributed by atoms with Crippen LogP contribution in [-0.4, -0.2) is 19.2 Å². The molecule has 0 aromatic heterocycles. The zero-order chi connectivity index (χ0) is 14.3. The van der Waals surface area contributed by atoms with Gasteiger partial charge in [-0.15, -0.1) is 0 Å². The first kappa shape index (κ1) is 15.4. The molecule has 0 spiro atoms. The number of hydrogen-bond donors (Lipinski definition) is 1. The molecule has 0 radical (unpaired) electrons. The molecule has 0 unspecified atom stereocenters. The summed E-state index contributed by atoms with van der Waals surface area (Å²) in [6, 6.07) is 2.14. The number of unbranched alkanes of at least 4 members (excludes halogenated alkanes) is 1. The van der Waals surface area contributed by atoms with Crippen molar-refractivity contribution in [2.45, 2.75) is 26.3 Å². The Balaban J connectivity index is 2.55. The minimum Gasteiger partial charge on any atom is -0.476 e. The fraction of sp³-hybridized carbons (Fsp3) is 0.462. The Labute approximate surface area is 110 Å². The van der Waals surface area contributed by atoms with E-state index in [2.05, 4.69) is 0 Å². The maximum Gasteiger partial charge on any atom is 0.344 e. The van der Waals surface area contributed by atoms with Crippen molar-refractivity contribution in [2.75, 3.05) is 13.2 Å². The second-order valence-corrected chi connectivity index (χ2v) is 3.96. The van der Waals surface area contributed by atoms with Crippen molar-refractivity contribution in [1.82, 2.24) is 0 Å². The third kappa shape index (κ3) is 4.82. The molecule has 6 heteroatoms. The maximum absolute atomic E-state index is 13.5. The van der Waals surface area contributed by atoms with Gasteiger partial charge in [-0.3, -0.25) is 0 Å². The van der Waals surface area contributed by atoms with Gasteiger partial charge in [-0.25, -0.2) is 13.6 Å². The summed E-state index contributed by atoms with van der Waals surface area (Å²) >= 11 is 0. The highest BCUT2D eigenvalue weighted by Crippen LogP contribution is 2.23. The Bertz CT molecular complexity index is 415. The zero-order valence-electron chi connectivity index (χ0n) is 10.7. The number of rotatable bonds is 7. The van der Waals surface area contributed by atoms with Crippen LogP contribution in [-0.2, 0) is 16.1 Å². The van der Waals surface area contributed by atoms with E-state index in [1.165, 1.54) is 0 Å². The fourth-order valence-corrected chi connectivity index (χ4v) is 1.37. The molecule has 0 saturated heterocycles. The van der Waals surface area contributed by atoms with Gasteiger partial charge in [0, 0.05) is 6.54 Å². The van der Waals surface area contributed by atoms with Crippen LogP contribution < -0.4 is 10.5 Å². The molecule has 2 N–H and O–H groups in total. The van der Waals surface area contributed by atoms with Gasteiger partial charge in [-0.05, 0) is 24.1 Å². The Morgan fingerprint density at radius 3 is 2.47 bits per heavy atom. The second-order valence-electron chi connectivity index (χ2n) is 3.96. The molecule has 0 saturated carbocycles. The van der Waals surface area contributed by atoms with Crippen molar-refractivity contribution in [3.8, 4) is 5.75 Å². The number of nitrogens with two attached hydrogens (primary N) is 1. The third-order valence-corrected chi connectivity index (χ3v) is 2.39. The van der Waals surface area contributed by atoms with Crippen molar-refractivity contribution in [3.63, 3.8) is 0 Å². The molecule has 0 bridgehead atoms. The Kier molecular flexibility index (Phi) is 6.21. The molecule has 0 heterocycles. The predicted molar refractivity (Wildman–Crippen MR) is 65.6 cm³/mol. The smallest absolute Gasteiger partial charge is 0.344 e. The maximum atomic E-state index is 13.5. The van der Waals surface area contributed by atoms with E-state index in [0.29, 0.717) is 5.56 Å². The number of ether oxygens (including phenoxy) is 2. The van der Waals surface area contributed by atoms with Crippen LogP contribution in [0.25, 0.3) is 0 Å². The number of benzene rings is 1. The van der Waals surface area contributed by atoms with E-state index in [0.717, 1.165) is 25.0 Å². The standard InChI is InChI=1S/C13H17F2NO3/c1-2-3-4-18-12(17)8-19-13-10(14)5-9(7-16)6-11(13)15/h5-6H,2-4,7-8,16H2,1H3. The van der Waals surface area contributed by atoms with E-state index < -0.39 is 30.0 Å². The zero-order valence-corrected chi connectivity index (χ0v) is 10.7. The average molecular weight is 273 g/mol. The van der Waals surface area contributed by atoms with Crippen molar-refractivity contribution < 1.29 is 23.0 Å². The lowest BCUT2D eigenvalue weighted by Crippen LogP contribution is -2.16. The average Bonchev–Trinajstić information content (AvgIpc) is 2.37. The molecular weight excluding hydrogens is 256 g/mol. The van der Waals surface area contributed by atoms with E-state index in [1.807, 2.05) is 6.92 Å². The summed E-state index contributed by atoms with van der Waals surface area (Å²) < 4.78 is 36.6. The lowest BCUT2D eigenvalue weighted by molar-refractivity contribution is -0.146. The van der Waals surface area contributed by atoms with Gasteiger partial charge in [0.1, 0.15) is 0 Å². The first-order chi connectivity index (χ1) is 9.08. The van der Waals surface area contributed by atoms with E-state index in [-0.39, 0.29) is 13.2 Å². The fourth-order valence-electron chi connectivity index (χ4n) is 1.37. The molecular formula is C13H17F2NO3. The molecule has 19 heavy (non-hydrogen) atoms. The van der Waals surface area contributed by atoms with Gasteiger partial charge in [0.15, 0.2) is 24.0 Å². The van der Waals surface area contributed by atoms with Gasteiger partial charge in [-0.2, -0.15) is 0 Å². The first-order valence-electron chi connectivity index (χ1n) is 6.04. The molecule has 0 amide bonds. The van der Waals surface area contributed by atoms with E-state index in [9.17, 15) is 13.6 Å². The summed E-state index contributed by atoms with van der Waals surface area (Å²) in [6.45, 7) is 1.72. The molecule has 0 atom stereocenters. The lowest BCUT2D eigenvalue weighted by atomic mass is 10.2. The number of carbonyl (C=O) groups excluding carboxylic acids is 1. The number of esters is 1. The normalized spacial score (nSPS) is 10.3. The molecule has 0 aliphatic carbocycles. The van der Waals surface area contributed by atoms with Gasteiger partial charge in [0.25, 0.3) is 0 Å². The summed E-state index contributed by atoms with van der Waals surface area (Å²) in [5, 5.41) is 0. The highest BCUT2D eigenvalue weighted by Gasteiger charge is 2.14. The minimum atomic E-state index is -0.887. The largest absolute Gasteiger partial charge is 0.476 e. The second kappa shape index (κ2) is 7.68. The van der Waals surface area contributed by atoms with Crippen LogP contribution in [0.15, 0.2) is 12.1 Å². The quantitative estimate of drug-likeness (QED) is 0.610. The van der Waals surface area contributed by atoms with Crippen LogP contribution in [0.3, 0.4) is 0 Å². The Morgan fingerprint density at radius 2 is 1.95 bits per heavy atom. The number of carbonyl (C=O) groups is 1. The Morgan fingerprint density at radius 1 is 1.32 bits per heavy atom. The van der Waals surface area contributed by atoms with Gasteiger partial charge in [0.2, 0.25) is 0 Å². The molecule has 1 aromatic rings. The van der Waals surface area contributed by atoms with Crippen LogP contribution in [0.1, 0.15) is 25.3 Å². The summed E-state index contributed by atoms with van der Waals surface area (Å²) in [5.74, 6) is -3.02. The van der Waals surface area contributed by atoms with Crippen LogP contribution in [0.5, 0.6) is 5.75 Å². The lowest BCUT2D eigenvalue weighted by Gasteiger charge is -2.09. The summed E-state index contributed by atoms with van der Waals surface area (Å²) in [7, 11) is 0. The van der Waals surface area contributed by atoms with E-state index in [4.69, 9.17) is 15.2 Å². The number of halogens is 2. The van der Waals surface area contributed by atoms with Crippen molar-refractivity contribution in [3.05, 3.63) is 29.3 Å². The predicted octanol–water partition coefficient (Wildman–Crippen LogP) is 2.15. The van der Waals surface area contributed by atoms with Crippen LogP contribution >= 0.6 is 0 Å². The molecule has 1 aromatic carbocycles. The van der Waals surface area contributed by atoms with Crippen LogP contribution in [0, 0.1) is 11.6 Å². The summed E-state index contributed by atoms with van der Waals surface area (Å²) in [6.07, 6.45) is 1.62. The molecule has 106 valence electrons. The van der Waals surface area contributed by atoms with Crippen molar-refractivity contribution in [1.29, 1.82) is 0 Å². The molecule has 4 nitrogen and oxygen atoms in total. The molecule has 0 fully saturated rings. The van der Waals surface area contributed by atoms with Crippen molar-refractivity contribution >= 4 is 5.97 Å². The van der Waals surface area contributed by atoms with Crippen molar-refractivity contribution in [2.24, 2.45) is 5.73 Å². The molecule has 0 aliphatic heterocycles. The van der Waals surface area contributed by atoms with E-state index >= 15 is 0 Å². The van der Waals surface area contributed by atoms with Gasteiger partial charge in [0.05, 0.1) is 6.61 Å². The number of hydrogen-bond acceptors (Lipinski definition) is 4. The Hall–Kier alpha value is -1.69. The van der Waals surface area contributed by atoms with Gasteiger partial charge >= 0.3 is 5.97 Å². The van der Waals surface area contributed by atoms with Crippen LogP contribution in [0.4, 0.5) is 8.78 Å². The van der Waals surface area contributed by atoms with Gasteiger partial charge < -0.3 is 15.2 Å². The third-order valence-electron chi connectivity index (χ3n) is 2.39. The van der Waals surface area contributed by atoms with E-state index in [1.54, 1.807) is 0 Å². The topological polar surface area (TPSA) is 61.5 Å². The molecule has 1 rings (SSSR count). The van der Waals surface area contributed by atoms with Crippen LogP contribution in [0.2, 0.25) is 0 Å². The summed E-state index contributed by atoms with van der Waals surface area (Å²) in [4.78, 5) is 11.2. The highest BCUT2D eigenvalue weighted by atomic mass is 19.1. The SMILES string of the molecule is CCCCOC(=O)COc1c(F)cc(CN)cc1F. The molecule has 0 aliphatic rings. The highest BCUT2D eigenvalue weighted by molar-refractivity contribution is 5.71. The first-order valence-corrected chi connectivity index (χ1v) is 6.04. The monoisotopic (exact) mass is 273 g/mol.